The van der Waals surface area contributed by atoms with Crippen LogP contribution >= 0.6 is 0 Å². The molecule has 0 saturated heterocycles. The smallest absolute Gasteiger partial charge is 0.191 e. The van der Waals surface area contributed by atoms with Crippen molar-refractivity contribution in [2.24, 2.45) is 4.99 Å². The number of rotatable bonds is 7. The summed E-state index contributed by atoms with van der Waals surface area (Å²) >= 11 is 0. The number of aromatic nitrogens is 1. The van der Waals surface area contributed by atoms with Gasteiger partial charge in [0.1, 0.15) is 18.1 Å². The quantitative estimate of drug-likeness (QED) is 0.389. The number of hydrogen-bond donors (Lipinski definition) is 2. The Morgan fingerprint density at radius 3 is 2.50 bits per heavy atom. The van der Waals surface area contributed by atoms with Gasteiger partial charge in [-0.3, -0.25) is 4.99 Å². The molecule has 0 amide bonds. The Morgan fingerprint density at radius 1 is 1.04 bits per heavy atom. The van der Waals surface area contributed by atoms with Crippen molar-refractivity contribution in [3.05, 3.63) is 72.4 Å². The SMILES string of the molecule is CN=C(NCCOc1ccccc1)NCc1cc(-c2ccccc2)on1. The molecule has 0 fully saturated rings. The average molecular weight is 350 g/mol. The highest BCUT2D eigenvalue weighted by Crippen LogP contribution is 2.19. The van der Waals surface area contributed by atoms with E-state index in [0.717, 1.165) is 22.8 Å². The Hall–Kier alpha value is -3.28. The molecule has 0 aliphatic rings. The molecule has 26 heavy (non-hydrogen) atoms. The molecule has 2 N–H and O–H groups in total. The molecule has 0 saturated carbocycles. The molecule has 1 heterocycles. The maximum atomic E-state index is 5.64. The van der Waals surface area contributed by atoms with Gasteiger partial charge in [-0.15, -0.1) is 0 Å². The fourth-order valence-electron chi connectivity index (χ4n) is 2.38. The molecule has 1 aromatic heterocycles. The number of ether oxygens (including phenoxy) is 1. The zero-order chi connectivity index (χ0) is 18.0. The predicted octanol–water partition coefficient (Wildman–Crippen LogP) is 3.09. The van der Waals surface area contributed by atoms with Crippen LogP contribution in [0.3, 0.4) is 0 Å². The normalized spacial score (nSPS) is 11.2. The summed E-state index contributed by atoms with van der Waals surface area (Å²) in [6.07, 6.45) is 0. The van der Waals surface area contributed by atoms with Crippen molar-refractivity contribution in [3.63, 3.8) is 0 Å². The van der Waals surface area contributed by atoms with Crippen LogP contribution in [0, 0.1) is 0 Å². The van der Waals surface area contributed by atoms with Crippen LogP contribution in [-0.2, 0) is 6.54 Å². The second-order valence-corrected chi connectivity index (χ2v) is 5.56. The number of guanidine groups is 1. The molecule has 0 radical (unpaired) electrons. The maximum Gasteiger partial charge on any atom is 0.191 e. The van der Waals surface area contributed by atoms with E-state index >= 15 is 0 Å². The van der Waals surface area contributed by atoms with E-state index in [9.17, 15) is 0 Å². The van der Waals surface area contributed by atoms with Crippen LogP contribution in [-0.4, -0.2) is 31.3 Å². The van der Waals surface area contributed by atoms with E-state index in [1.807, 2.05) is 66.7 Å². The van der Waals surface area contributed by atoms with Gasteiger partial charge >= 0.3 is 0 Å². The minimum Gasteiger partial charge on any atom is -0.492 e. The van der Waals surface area contributed by atoms with Gasteiger partial charge in [0.15, 0.2) is 11.7 Å². The first-order chi connectivity index (χ1) is 12.8. The largest absolute Gasteiger partial charge is 0.492 e. The topological polar surface area (TPSA) is 71.7 Å². The lowest BCUT2D eigenvalue weighted by atomic mass is 10.2. The first kappa shape index (κ1) is 17.5. The standard InChI is InChI=1S/C20H22N4O2/c1-21-20(22-12-13-25-18-10-6-3-7-11-18)23-15-17-14-19(26-24-17)16-8-4-2-5-9-16/h2-11,14H,12-13,15H2,1H3,(H2,21,22,23). The van der Waals surface area contributed by atoms with Crippen LogP contribution in [0.4, 0.5) is 0 Å². The minimum absolute atomic E-state index is 0.523. The molecule has 0 aliphatic heterocycles. The van der Waals surface area contributed by atoms with Gasteiger partial charge in [-0.25, -0.2) is 0 Å². The van der Waals surface area contributed by atoms with Crippen LogP contribution < -0.4 is 15.4 Å². The van der Waals surface area contributed by atoms with Crippen molar-refractivity contribution in [2.45, 2.75) is 6.54 Å². The Morgan fingerprint density at radius 2 is 1.77 bits per heavy atom. The van der Waals surface area contributed by atoms with Crippen molar-refractivity contribution in [3.8, 4) is 17.1 Å². The molecule has 6 heteroatoms. The first-order valence-electron chi connectivity index (χ1n) is 8.48. The highest BCUT2D eigenvalue weighted by atomic mass is 16.5. The van der Waals surface area contributed by atoms with E-state index in [1.54, 1.807) is 7.05 Å². The summed E-state index contributed by atoms with van der Waals surface area (Å²) in [6, 6.07) is 21.5. The summed E-state index contributed by atoms with van der Waals surface area (Å²) in [5, 5.41) is 10.5. The van der Waals surface area contributed by atoms with Crippen molar-refractivity contribution in [1.82, 2.24) is 15.8 Å². The van der Waals surface area contributed by atoms with Gasteiger partial charge < -0.3 is 19.9 Å². The summed E-state index contributed by atoms with van der Waals surface area (Å²) in [5.41, 5.74) is 1.82. The lowest BCUT2D eigenvalue weighted by Gasteiger charge is -2.11. The second kappa shape index (κ2) is 9.27. The Kier molecular flexibility index (Phi) is 6.25. The van der Waals surface area contributed by atoms with Crippen LogP contribution in [0.15, 0.2) is 76.2 Å². The monoisotopic (exact) mass is 350 g/mol. The molecule has 3 aromatic rings. The van der Waals surface area contributed by atoms with Gasteiger partial charge in [-0.2, -0.15) is 0 Å². The van der Waals surface area contributed by atoms with Crippen molar-refractivity contribution in [1.29, 1.82) is 0 Å². The molecule has 0 bridgehead atoms. The fraction of sp³-hybridized carbons (Fsp3) is 0.200. The highest BCUT2D eigenvalue weighted by molar-refractivity contribution is 5.79. The summed E-state index contributed by atoms with van der Waals surface area (Å²) in [4.78, 5) is 4.19. The maximum absolute atomic E-state index is 5.64. The second-order valence-electron chi connectivity index (χ2n) is 5.56. The molecule has 6 nitrogen and oxygen atoms in total. The third-order valence-electron chi connectivity index (χ3n) is 3.68. The molecule has 3 rings (SSSR count). The molecule has 134 valence electrons. The van der Waals surface area contributed by atoms with Crippen LogP contribution in [0.2, 0.25) is 0 Å². The van der Waals surface area contributed by atoms with Gasteiger partial charge in [-0.1, -0.05) is 53.7 Å². The number of benzene rings is 2. The molecule has 0 spiro atoms. The van der Waals surface area contributed by atoms with Crippen molar-refractivity contribution < 1.29 is 9.26 Å². The number of para-hydroxylation sites is 1. The third kappa shape index (κ3) is 5.11. The van der Waals surface area contributed by atoms with Gasteiger partial charge in [0, 0.05) is 18.7 Å². The van der Waals surface area contributed by atoms with Crippen LogP contribution in [0.5, 0.6) is 5.75 Å². The molecular formula is C20H22N4O2. The number of aliphatic imine (C=N–C) groups is 1. The van der Waals surface area contributed by atoms with Gasteiger partial charge in [0.25, 0.3) is 0 Å². The van der Waals surface area contributed by atoms with E-state index in [1.165, 1.54) is 0 Å². The summed E-state index contributed by atoms with van der Waals surface area (Å²) < 4.78 is 11.0. The lowest BCUT2D eigenvalue weighted by Crippen LogP contribution is -2.38. The minimum atomic E-state index is 0.523. The summed E-state index contributed by atoms with van der Waals surface area (Å²) in [6.45, 7) is 1.71. The van der Waals surface area contributed by atoms with Crippen LogP contribution in [0.1, 0.15) is 5.69 Å². The Bertz CT molecular complexity index is 816. The predicted molar refractivity (Wildman–Crippen MR) is 102 cm³/mol. The lowest BCUT2D eigenvalue weighted by molar-refractivity contribution is 0.322. The highest BCUT2D eigenvalue weighted by Gasteiger charge is 2.07. The Labute approximate surface area is 152 Å². The summed E-state index contributed by atoms with van der Waals surface area (Å²) in [5.74, 6) is 2.29. The molecule has 2 aromatic carbocycles. The van der Waals surface area contributed by atoms with Gasteiger partial charge in [0.05, 0.1) is 13.1 Å². The molecule has 0 aliphatic carbocycles. The zero-order valence-electron chi connectivity index (χ0n) is 14.7. The fourth-order valence-corrected chi connectivity index (χ4v) is 2.38. The Balaban J connectivity index is 1.42. The van der Waals surface area contributed by atoms with E-state index in [0.29, 0.717) is 25.7 Å². The van der Waals surface area contributed by atoms with E-state index < -0.39 is 0 Å². The number of nitrogens with zero attached hydrogens (tertiary/aromatic N) is 2. The van der Waals surface area contributed by atoms with Gasteiger partial charge in [-0.05, 0) is 12.1 Å². The molecular weight excluding hydrogens is 328 g/mol. The number of nitrogens with one attached hydrogen (secondary N) is 2. The van der Waals surface area contributed by atoms with E-state index in [2.05, 4.69) is 20.8 Å². The van der Waals surface area contributed by atoms with Gasteiger partial charge in [0.2, 0.25) is 0 Å². The van der Waals surface area contributed by atoms with Crippen molar-refractivity contribution >= 4 is 5.96 Å². The summed E-state index contributed by atoms with van der Waals surface area (Å²) in [7, 11) is 1.73. The van der Waals surface area contributed by atoms with E-state index in [-0.39, 0.29) is 0 Å². The van der Waals surface area contributed by atoms with Crippen molar-refractivity contribution in [2.75, 3.05) is 20.2 Å². The number of hydrogen-bond acceptors (Lipinski definition) is 4. The molecule has 0 atom stereocenters. The molecule has 0 unspecified atom stereocenters. The zero-order valence-corrected chi connectivity index (χ0v) is 14.7. The average Bonchev–Trinajstić information content (AvgIpc) is 3.18. The van der Waals surface area contributed by atoms with Crippen LogP contribution in [0.25, 0.3) is 11.3 Å². The third-order valence-corrected chi connectivity index (χ3v) is 3.68. The first-order valence-corrected chi connectivity index (χ1v) is 8.48. The van der Waals surface area contributed by atoms with E-state index in [4.69, 9.17) is 9.26 Å².